The number of anilines is 1. The summed E-state index contributed by atoms with van der Waals surface area (Å²) in [4.78, 5) is 13.2. The number of nitrogens with one attached hydrogen (secondary N) is 1. The number of amides is 1. The Labute approximate surface area is 101 Å². The fourth-order valence-corrected chi connectivity index (χ4v) is 2.15. The summed E-state index contributed by atoms with van der Waals surface area (Å²) < 4.78 is 0. The Kier molecular flexibility index (Phi) is 3.45. The van der Waals surface area contributed by atoms with Gasteiger partial charge in [0.25, 0.3) is 0 Å². The average molecular weight is 234 g/mol. The molecule has 0 radical (unpaired) electrons. The summed E-state index contributed by atoms with van der Waals surface area (Å²) in [6.45, 7) is 0.775. The van der Waals surface area contributed by atoms with Crippen LogP contribution in [0.25, 0.3) is 0 Å². The first-order valence-electron chi connectivity index (χ1n) is 5.85. The molecule has 17 heavy (non-hydrogen) atoms. The SMILES string of the molecule is CNCCC(O)c1ccc2c(c1)CC(=O)N2C. The maximum Gasteiger partial charge on any atom is 0.231 e. The normalized spacial score (nSPS) is 16.2. The van der Waals surface area contributed by atoms with Gasteiger partial charge in [-0.15, -0.1) is 0 Å². The zero-order valence-electron chi connectivity index (χ0n) is 10.2. The van der Waals surface area contributed by atoms with Crippen LogP contribution in [0.4, 0.5) is 5.69 Å². The monoisotopic (exact) mass is 234 g/mol. The molecule has 1 aliphatic rings. The first kappa shape index (κ1) is 12.1. The minimum Gasteiger partial charge on any atom is -0.388 e. The number of fused-ring (bicyclic) bond motifs is 1. The summed E-state index contributed by atoms with van der Waals surface area (Å²) in [6.07, 6.45) is 0.658. The minimum atomic E-state index is -0.464. The third kappa shape index (κ3) is 2.33. The molecule has 0 spiro atoms. The number of nitrogens with zero attached hydrogens (tertiary/aromatic N) is 1. The molecule has 0 fully saturated rings. The van der Waals surface area contributed by atoms with Gasteiger partial charge in [-0.2, -0.15) is 0 Å². The van der Waals surface area contributed by atoms with Crippen LogP contribution in [0, 0.1) is 0 Å². The molecule has 0 saturated carbocycles. The largest absolute Gasteiger partial charge is 0.388 e. The molecule has 1 aliphatic heterocycles. The van der Waals surface area contributed by atoms with E-state index in [1.165, 1.54) is 0 Å². The molecule has 1 aromatic rings. The van der Waals surface area contributed by atoms with Crippen LogP contribution < -0.4 is 10.2 Å². The number of likely N-dealkylation sites (N-methyl/N-ethyl adjacent to an activating group) is 1. The van der Waals surface area contributed by atoms with E-state index in [1.54, 1.807) is 11.9 Å². The maximum atomic E-state index is 11.5. The van der Waals surface area contributed by atoms with E-state index in [2.05, 4.69) is 5.32 Å². The van der Waals surface area contributed by atoms with Crippen molar-refractivity contribution < 1.29 is 9.90 Å². The van der Waals surface area contributed by atoms with Crippen molar-refractivity contribution in [3.63, 3.8) is 0 Å². The summed E-state index contributed by atoms with van der Waals surface area (Å²) in [5.74, 6) is 0.113. The molecule has 4 nitrogen and oxygen atoms in total. The Balaban J connectivity index is 2.18. The molecule has 0 aromatic heterocycles. The zero-order valence-corrected chi connectivity index (χ0v) is 10.2. The molecule has 1 unspecified atom stereocenters. The molecule has 0 bridgehead atoms. The van der Waals surface area contributed by atoms with Gasteiger partial charge in [-0.05, 0) is 37.2 Å². The van der Waals surface area contributed by atoms with Gasteiger partial charge in [-0.3, -0.25) is 4.79 Å². The van der Waals surface area contributed by atoms with E-state index >= 15 is 0 Å². The summed E-state index contributed by atoms with van der Waals surface area (Å²) in [5.41, 5.74) is 2.86. The highest BCUT2D eigenvalue weighted by atomic mass is 16.3. The Bertz CT molecular complexity index is 431. The smallest absolute Gasteiger partial charge is 0.231 e. The maximum absolute atomic E-state index is 11.5. The van der Waals surface area contributed by atoms with E-state index in [4.69, 9.17) is 0 Å². The number of carbonyl (C=O) groups excluding carboxylic acids is 1. The van der Waals surface area contributed by atoms with Crippen molar-refractivity contribution in [2.75, 3.05) is 25.5 Å². The number of benzene rings is 1. The highest BCUT2D eigenvalue weighted by Crippen LogP contribution is 2.30. The van der Waals surface area contributed by atoms with E-state index < -0.39 is 6.10 Å². The van der Waals surface area contributed by atoms with Gasteiger partial charge in [0.2, 0.25) is 5.91 Å². The second-order valence-electron chi connectivity index (χ2n) is 4.43. The van der Waals surface area contributed by atoms with Gasteiger partial charge in [-0.1, -0.05) is 12.1 Å². The number of aliphatic hydroxyl groups excluding tert-OH is 1. The zero-order chi connectivity index (χ0) is 12.4. The summed E-state index contributed by atoms with van der Waals surface area (Å²) in [5, 5.41) is 13.0. The third-order valence-electron chi connectivity index (χ3n) is 3.23. The lowest BCUT2D eigenvalue weighted by molar-refractivity contribution is -0.117. The van der Waals surface area contributed by atoms with Gasteiger partial charge in [0.1, 0.15) is 0 Å². The Morgan fingerprint density at radius 3 is 3.00 bits per heavy atom. The summed E-state index contributed by atoms with van der Waals surface area (Å²) in [6, 6.07) is 5.75. The highest BCUT2D eigenvalue weighted by Gasteiger charge is 2.24. The molecule has 0 aliphatic carbocycles. The van der Waals surface area contributed by atoms with Crippen LogP contribution in [0.5, 0.6) is 0 Å². The van der Waals surface area contributed by atoms with Gasteiger partial charge in [0, 0.05) is 12.7 Å². The number of hydrogen-bond donors (Lipinski definition) is 2. The van der Waals surface area contributed by atoms with E-state index in [1.807, 2.05) is 25.2 Å². The van der Waals surface area contributed by atoms with Crippen LogP contribution in [0.15, 0.2) is 18.2 Å². The number of aliphatic hydroxyl groups is 1. The van der Waals surface area contributed by atoms with Crippen LogP contribution in [-0.2, 0) is 11.2 Å². The molecule has 2 rings (SSSR count). The van der Waals surface area contributed by atoms with Crippen molar-refractivity contribution in [3.05, 3.63) is 29.3 Å². The Morgan fingerprint density at radius 2 is 2.29 bits per heavy atom. The third-order valence-corrected chi connectivity index (χ3v) is 3.23. The summed E-state index contributed by atoms with van der Waals surface area (Å²) >= 11 is 0. The lowest BCUT2D eigenvalue weighted by atomic mass is 10.0. The van der Waals surface area contributed by atoms with Crippen molar-refractivity contribution in [3.8, 4) is 0 Å². The quantitative estimate of drug-likeness (QED) is 0.812. The molecule has 1 aromatic carbocycles. The first-order chi connectivity index (χ1) is 8.13. The molecular weight excluding hydrogens is 216 g/mol. The number of hydrogen-bond acceptors (Lipinski definition) is 3. The van der Waals surface area contributed by atoms with Crippen molar-refractivity contribution in [1.29, 1.82) is 0 Å². The van der Waals surface area contributed by atoms with E-state index in [9.17, 15) is 9.90 Å². The molecular formula is C13H18N2O2. The molecule has 0 saturated heterocycles. The van der Waals surface area contributed by atoms with Gasteiger partial charge >= 0.3 is 0 Å². The highest BCUT2D eigenvalue weighted by molar-refractivity contribution is 6.00. The van der Waals surface area contributed by atoms with Gasteiger partial charge in [-0.25, -0.2) is 0 Å². The minimum absolute atomic E-state index is 0.113. The van der Waals surface area contributed by atoms with E-state index in [-0.39, 0.29) is 5.91 Å². The first-order valence-corrected chi connectivity index (χ1v) is 5.85. The average Bonchev–Trinajstić information content (AvgIpc) is 2.61. The molecule has 4 heteroatoms. The predicted octanol–water partition coefficient (Wildman–Crippen LogP) is 0.848. The molecule has 2 N–H and O–H groups in total. The fraction of sp³-hybridized carbons (Fsp3) is 0.462. The van der Waals surface area contributed by atoms with Gasteiger partial charge in [0.05, 0.1) is 12.5 Å². The van der Waals surface area contributed by atoms with Crippen molar-refractivity contribution in [2.45, 2.75) is 18.9 Å². The van der Waals surface area contributed by atoms with Gasteiger partial charge < -0.3 is 15.3 Å². The molecule has 92 valence electrons. The van der Waals surface area contributed by atoms with Crippen molar-refractivity contribution in [1.82, 2.24) is 5.32 Å². The second-order valence-corrected chi connectivity index (χ2v) is 4.43. The predicted molar refractivity (Wildman–Crippen MR) is 67.1 cm³/mol. The van der Waals surface area contributed by atoms with E-state index in [0.717, 1.165) is 23.4 Å². The van der Waals surface area contributed by atoms with Crippen LogP contribution >= 0.6 is 0 Å². The topological polar surface area (TPSA) is 52.6 Å². The Morgan fingerprint density at radius 1 is 1.53 bits per heavy atom. The van der Waals surface area contributed by atoms with Crippen LogP contribution in [0.2, 0.25) is 0 Å². The summed E-state index contributed by atoms with van der Waals surface area (Å²) in [7, 11) is 3.65. The van der Waals surface area contributed by atoms with Gasteiger partial charge in [0.15, 0.2) is 0 Å². The van der Waals surface area contributed by atoms with E-state index in [0.29, 0.717) is 12.8 Å². The molecule has 1 heterocycles. The van der Waals surface area contributed by atoms with Crippen molar-refractivity contribution in [2.24, 2.45) is 0 Å². The van der Waals surface area contributed by atoms with Crippen molar-refractivity contribution >= 4 is 11.6 Å². The second kappa shape index (κ2) is 4.85. The lowest BCUT2D eigenvalue weighted by Crippen LogP contribution is -2.20. The number of carbonyl (C=O) groups is 1. The van der Waals surface area contributed by atoms with Crippen LogP contribution in [0.1, 0.15) is 23.7 Å². The lowest BCUT2D eigenvalue weighted by Gasteiger charge is -2.14. The van der Waals surface area contributed by atoms with Crippen LogP contribution in [-0.4, -0.2) is 31.7 Å². The fourth-order valence-electron chi connectivity index (χ4n) is 2.15. The molecule has 1 atom stereocenters. The molecule has 1 amide bonds. The standard InChI is InChI=1S/C13H18N2O2/c1-14-6-5-12(16)9-3-4-11-10(7-9)8-13(17)15(11)2/h3-4,7,12,14,16H,5-6,8H2,1-2H3. The van der Waals surface area contributed by atoms with Crippen LogP contribution in [0.3, 0.4) is 0 Å². The number of rotatable bonds is 4. The Hall–Kier alpha value is -1.39.